The van der Waals surface area contributed by atoms with E-state index in [1.165, 1.54) is 0 Å². The third-order valence-electron chi connectivity index (χ3n) is 3.89. The highest BCUT2D eigenvalue weighted by atomic mass is 16.1. The molecule has 1 fully saturated rings. The van der Waals surface area contributed by atoms with E-state index in [4.69, 9.17) is 5.73 Å². The number of hydrogen-bond donors (Lipinski definition) is 2. The molecule has 0 unspecified atom stereocenters. The Morgan fingerprint density at radius 2 is 2.10 bits per heavy atom. The third-order valence-corrected chi connectivity index (χ3v) is 3.89. The summed E-state index contributed by atoms with van der Waals surface area (Å²) < 4.78 is 0. The molecule has 1 aromatic rings. The summed E-state index contributed by atoms with van der Waals surface area (Å²) in [5.41, 5.74) is 6.11. The number of aromatic nitrogens is 1. The van der Waals surface area contributed by atoms with Gasteiger partial charge in [0.15, 0.2) is 0 Å². The van der Waals surface area contributed by atoms with Gasteiger partial charge >= 0.3 is 0 Å². The Morgan fingerprint density at radius 1 is 1.43 bits per heavy atom. The Labute approximate surface area is 126 Å². The summed E-state index contributed by atoms with van der Waals surface area (Å²) in [6, 6.07) is 3.50. The number of rotatable bonds is 4. The van der Waals surface area contributed by atoms with E-state index in [-0.39, 0.29) is 5.54 Å². The van der Waals surface area contributed by atoms with Crippen LogP contribution in [0, 0.1) is 5.92 Å². The van der Waals surface area contributed by atoms with Crippen LogP contribution in [0.3, 0.4) is 0 Å². The summed E-state index contributed by atoms with van der Waals surface area (Å²) in [6.07, 6.45) is 3.94. The van der Waals surface area contributed by atoms with E-state index in [0.29, 0.717) is 11.5 Å². The number of carbonyl (C=O) groups is 1. The van der Waals surface area contributed by atoms with Crippen LogP contribution in [0.25, 0.3) is 0 Å². The molecular weight excluding hydrogens is 264 g/mol. The molecule has 1 aliphatic rings. The first-order chi connectivity index (χ1) is 9.87. The van der Waals surface area contributed by atoms with Crippen molar-refractivity contribution in [2.75, 3.05) is 24.5 Å². The van der Waals surface area contributed by atoms with Gasteiger partial charge in [0, 0.05) is 24.8 Å². The van der Waals surface area contributed by atoms with Crippen LogP contribution >= 0.6 is 0 Å². The van der Waals surface area contributed by atoms with Gasteiger partial charge in [-0.05, 0) is 58.2 Å². The minimum atomic E-state index is -0.408. The van der Waals surface area contributed by atoms with Gasteiger partial charge in [0.2, 0.25) is 0 Å². The van der Waals surface area contributed by atoms with E-state index in [1.807, 2.05) is 0 Å². The van der Waals surface area contributed by atoms with Crippen LogP contribution < -0.4 is 16.0 Å². The number of nitrogens with two attached hydrogens (primary N) is 1. The van der Waals surface area contributed by atoms with Crippen molar-refractivity contribution < 1.29 is 4.79 Å². The van der Waals surface area contributed by atoms with Crippen molar-refractivity contribution in [3.05, 3.63) is 23.9 Å². The third kappa shape index (κ3) is 4.43. The molecule has 1 saturated heterocycles. The van der Waals surface area contributed by atoms with Crippen LogP contribution in [-0.4, -0.2) is 36.1 Å². The van der Waals surface area contributed by atoms with Crippen molar-refractivity contribution in [3.63, 3.8) is 0 Å². The molecule has 0 aromatic carbocycles. The molecule has 116 valence electrons. The van der Waals surface area contributed by atoms with Crippen molar-refractivity contribution in [1.82, 2.24) is 10.3 Å². The Morgan fingerprint density at radius 3 is 2.67 bits per heavy atom. The van der Waals surface area contributed by atoms with E-state index in [2.05, 4.69) is 36.0 Å². The fourth-order valence-electron chi connectivity index (χ4n) is 2.64. The van der Waals surface area contributed by atoms with Gasteiger partial charge in [0.05, 0.1) is 5.56 Å². The minimum Gasteiger partial charge on any atom is -0.365 e. The first-order valence-corrected chi connectivity index (χ1v) is 7.61. The van der Waals surface area contributed by atoms with Crippen LogP contribution in [0.5, 0.6) is 0 Å². The number of anilines is 1. The van der Waals surface area contributed by atoms with Crippen molar-refractivity contribution in [3.8, 4) is 0 Å². The maximum Gasteiger partial charge on any atom is 0.252 e. The number of primary amides is 1. The number of amides is 1. The summed E-state index contributed by atoms with van der Waals surface area (Å²) in [5.74, 6) is 1.00. The quantitative estimate of drug-likeness (QED) is 0.887. The summed E-state index contributed by atoms with van der Waals surface area (Å²) in [5, 5.41) is 3.57. The lowest BCUT2D eigenvalue weighted by Crippen LogP contribution is -2.43. The van der Waals surface area contributed by atoms with Gasteiger partial charge in [-0.15, -0.1) is 0 Å². The molecule has 1 amide bonds. The van der Waals surface area contributed by atoms with Gasteiger partial charge in [-0.1, -0.05) is 0 Å². The van der Waals surface area contributed by atoms with Gasteiger partial charge in [-0.25, -0.2) is 4.98 Å². The summed E-state index contributed by atoms with van der Waals surface area (Å²) in [6.45, 7) is 9.46. The Kier molecular flexibility index (Phi) is 4.83. The smallest absolute Gasteiger partial charge is 0.252 e. The second-order valence-corrected chi connectivity index (χ2v) is 6.80. The van der Waals surface area contributed by atoms with E-state index in [1.54, 1.807) is 18.3 Å². The van der Waals surface area contributed by atoms with Crippen molar-refractivity contribution in [2.24, 2.45) is 11.7 Å². The maximum atomic E-state index is 11.5. The molecule has 0 saturated carbocycles. The molecule has 5 nitrogen and oxygen atoms in total. The fourth-order valence-corrected chi connectivity index (χ4v) is 2.64. The number of carbonyl (C=O) groups excluding carboxylic acids is 1. The lowest BCUT2D eigenvalue weighted by atomic mass is 9.95. The molecule has 2 rings (SSSR count). The van der Waals surface area contributed by atoms with Crippen molar-refractivity contribution in [1.29, 1.82) is 0 Å². The highest BCUT2D eigenvalue weighted by molar-refractivity contribution is 5.97. The molecule has 21 heavy (non-hydrogen) atoms. The number of nitrogens with zero attached hydrogens (tertiary/aromatic N) is 2. The highest BCUT2D eigenvalue weighted by Crippen LogP contribution is 2.24. The molecule has 0 radical (unpaired) electrons. The number of nitrogens with one attached hydrogen (secondary N) is 1. The van der Waals surface area contributed by atoms with Crippen LogP contribution in [0.4, 0.5) is 5.82 Å². The Bertz CT molecular complexity index is 487. The Hall–Kier alpha value is -1.62. The van der Waals surface area contributed by atoms with Gasteiger partial charge in [0.25, 0.3) is 5.91 Å². The van der Waals surface area contributed by atoms with E-state index < -0.39 is 5.91 Å². The molecule has 5 heteroatoms. The predicted molar refractivity (Wildman–Crippen MR) is 85.4 cm³/mol. The van der Waals surface area contributed by atoms with E-state index in [9.17, 15) is 4.79 Å². The topological polar surface area (TPSA) is 71.2 Å². The molecular formula is C16H26N4O. The van der Waals surface area contributed by atoms with Gasteiger partial charge in [-0.3, -0.25) is 4.79 Å². The molecule has 0 aliphatic carbocycles. The second-order valence-electron chi connectivity index (χ2n) is 6.80. The average Bonchev–Trinajstić information content (AvgIpc) is 2.45. The zero-order valence-electron chi connectivity index (χ0n) is 13.2. The predicted octanol–water partition coefficient (Wildman–Crippen LogP) is 1.78. The molecule has 0 spiro atoms. The molecule has 0 atom stereocenters. The van der Waals surface area contributed by atoms with Crippen molar-refractivity contribution in [2.45, 2.75) is 39.2 Å². The lowest BCUT2D eigenvalue weighted by molar-refractivity contribution is 0.100. The fraction of sp³-hybridized carbons (Fsp3) is 0.625. The molecule has 1 aliphatic heterocycles. The molecule has 2 heterocycles. The highest BCUT2D eigenvalue weighted by Gasteiger charge is 2.23. The second kappa shape index (κ2) is 6.43. The van der Waals surface area contributed by atoms with Gasteiger partial charge < -0.3 is 16.0 Å². The van der Waals surface area contributed by atoms with Crippen LogP contribution in [0.15, 0.2) is 18.3 Å². The van der Waals surface area contributed by atoms with E-state index in [0.717, 1.165) is 38.3 Å². The van der Waals surface area contributed by atoms with Gasteiger partial charge in [0.1, 0.15) is 5.82 Å². The van der Waals surface area contributed by atoms with Gasteiger partial charge in [-0.2, -0.15) is 0 Å². The van der Waals surface area contributed by atoms with E-state index >= 15 is 0 Å². The van der Waals surface area contributed by atoms with Crippen LogP contribution in [-0.2, 0) is 0 Å². The monoisotopic (exact) mass is 290 g/mol. The first kappa shape index (κ1) is 15.8. The largest absolute Gasteiger partial charge is 0.365 e. The SMILES string of the molecule is CC(C)(C)NCC1CCN(c2ncccc2C(N)=O)CC1. The Balaban J connectivity index is 1.94. The number of pyridine rings is 1. The van der Waals surface area contributed by atoms with Crippen molar-refractivity contribution >= 4 is 11.7 Å². The molecule has 0 bridgehead atoms. The summed E-state index contributed by atoms with van der Waals surface area (Å²) >= 11 is 0. The first-order valence-electron chi connectivity index (χ1n) is 7.61. The van der Waals surface area contributed by atoms with Crippen LogP contribution in [0.2, 0.25) is 0 Å². The summed E-state index contributed by atoms with van der Waals surface area (Å²) in [7, 11) is 0. The maximum absolute atomic E-state index is 11.5. The average molecular weight is 290 g/mol. The van der Waals surface area contributed by atoms with Crippen LogP contribution in [0.1, 0.15) is 44.0 Å². The number of hydrogen-bond acceptors (Lipinski definition) is 4. The normalized spacial score (nSPS) is 17.0. The zero-order chi connectivity index (χ0) is 15.5. The standard InChI is InChI=1S/C16H26N4O/c1-16(2,3)19-11-12-6-9-20(10-7-12)15-13(14(17)21)5-4-8-18-15/h4-5,8,12,19H,6-7,9-11H2,1-3H3,(H2,17,21). The summed E-state index contributed by atoms with van der Waals surface area (Å²) in [4.78, 5) is 18.0. The number of piperidine rings is 1. The molecule has 1 aromatic heterocycles. The molecule has 3 N–H and O–H groups in total. The minimum absolute atomic E-state index is 0.164. The zero-order valence-corrected chi connectivity index (χ0v) is 13.2. The lowest BCUT2D eigenvalue weighted by Gasteiger charge is -2.35.